The zero-order valence-electron chi connectivity index (χ0n) is 9.56. The van der Waals surface area contributed by atoms with Crippen LogP contribution in [0.2, 0.25) is 0 Å². The molecular weight excluding hydrogens is 216 g/mol. The Labute approximate surface area is 94.2 Å². The van der Waals surface area contributed by atoms with Crippen molar-refractivity contribution < 1.29 is 29.3 Å². The molecule has 0 unspecified atom stereocenters. The summed E-state index contributed by atoms with van der Waals surface area (Å²) in [7, 11) is 0. The Morgan fingerprint density at radius 3 is 1.69 bits per heavy atom. The van der Waals surface area contributed by atoms with E-state index in [1.54, 1.807) is 0 Å². The largest absolute Gasteiger partial charge is 0.480 e. The lowest BCUT2D eigenvalue weighted by molar-refractivity contribution is -0.145. The van der Waals surface area contributed by atoms with E-state index in [1.165, 1.54) is 0 Å². The molecule has 16 heavy (non-hydrogen) atoms. The lowest BCUT2D eigenvalue weighted by Gasteiger charge is -2.27. The highest BCUT2D eigenvalue weighted by Crippen LogP contribution is 2.21. The molecule has 0 aliphatic rings. The van der Waals surface area contributed by atoms with Crippen LogP contribution in [0.25, 0.3) is 0 Å². The first-order valence-electron chi connectivity index (χ1n) is 4.99. The summed E-state index contributed by atoms with van der Waals surface area (Å²) >= 11 is 0. The summed E-state index contributed by atoms with van der Waals surface area (Å²) < 4.78 is 9.96. The quantitative estimate of drug-likeness (QED) is 0.607. The standard InChI is InChI=1S/C10H18O6/c1-3-10(2,6-15-4-8(11)12)7-16-5-9(13)14/h3-7H2,1-2H3,(H,11,12)(H,13,14). The molecule has 0 atom stereocenters. The fourth-order valence-corrected chi connectivity index (χ4v) is 1.02. The lowest BCUT2D eigenvalue weighted by Crippen LogP contribution is -2.30. The van der Waals surface area contributed by atoms with E-state index < -0.39 is 11.9 Å². The van der Waals surface area contributed by atoms with Gasteiger partial charge in [-0.3, -0.25) is 0 Å². The normalized spacial score (nSPS) is 11.4. The third-order valence-corrected chi connectivity index (χ3v) is 2.21. The van der Waals surface area contributed by atoms with Gasteiger partial charge in [-0.15, -0.1) is 0 Å². The topological polar surface area (TPSA) is 93.1 Å². The minimum atomic E-state index is -1.02. The summed E-state index contributed by atoms with van der Waals surface area (Å²) in [6.45, 7) is 3.53. The summed E-state index contributed by atoms with van der Waals surface area (Å²) in [4.78, 5) is 20.5. The molecular formula is C10H18O6. The molecule has 0 rings (SSSR count). The molecule has 0 aliphatic heterocycles. The van der Waals surface area contributed by atoms with Gasteiger partial charge in [-0.25, -0.2) is 9.59 Å². The Morgan fingerprint density at radius 2 is 1.44 bits per heavy atom. The molecule has 0 saturated carbocycles. The van der Waals surface area contributed by atoms with Crippen LogP contribution in [0.4, 0.5) is 0 Å². The Hall–Kier alpha value is -1.14. The highest BCUT2D eigenvalue weighted by atomic mass is 16.5. The first kappa shape index (κ1) is 14.9. The monoisotopic (exact) mass is 234 g/mol. The molecule has 94 valence electrons. The molecule has 0 aromatic carbocycles. The van der Waals surface area contributed by atoms with Crippen LogP contribution in [0, 0.1) is 5.41 Å². The second-order valence-corrected chi connectivity index (χ2v) is 3.94. The van der Waals surface area contributed by atoms with Gasteiger partial charge in [0.05, 0.1) is 13.2 Å². The van der Waals surface area contributed by atoms with E-state index in [-0.39, 0.29) is 31.8 Å². The maximum absolute atomic E-state index is 10.2. The van der Waals surface area contributed by atoms with E-state index in [0.717, 1.165) is 0 Å². The number of carboxylic acids is 2. The van der Waals surface area contributed by atoms with Gasteiger partial charge in [-0.05, 0) is 6.42 Å². The second kappa shape index (κ2) is 7.19. The van der Waals surface area contributed by atoms with Gasteiger partial charge in [0.2, 0.25) is 0 Å². The molecule has 0 bridgehead atoms. The molecule has 6 heteroatoms. The molecule has 0 saturated heterocycles. The summed E-state index contributed by atoms with van der Waals surface area (Å²) in [5, 5.41) is 16.8. The molecule has 0 heterocycles. The van der Waals surface area contributed by atoms with Crippen LogP contribution in [-0.4, -0.2) is 48.6 Å². The average molecular weight is 234 g/mol. The number of carbonyl (C=O) groups is 2. The number of hydrogen-bond acceptors (Lipinski definition) is 4. The van der Waals surface area contributed by atoms with Crippen LogP contribution in [0.15, 0.2) is 0 Å². The summed E-state index contributed by atoms with van der Waals surface area (Å²) in [5.74, 6) is -2.05. The maximum Gasteiger partial charge on any atom is 0.329 e. The summed E-state index contributed by atoms with van der Waals surface area (Å²) in [6.07, 6.45) is 0.715. The van der Waals surface area contributed by atoms with E-state index in [9.17, 15) is 9.59 Å². The van der Waals surface area contributed by atoms with Gasteiger partial charge in [0.15, 0.2) is 0 Å². The summed E-state index contributed by atoms with van der Waals surface area (Å²) in [5.41, 5.74) is -0.356. The molecule has 2 N–H and O–H groups in total. The van der Waals surface area contributed by atoms with Gasteiger partial charge in [0.1, 0.15) is 13.2 Å². The first-order valence-corrected chi connectivity index (χ1v) is 4.99. The van der Waals surface area contributed by atoms with E-state index in [0.29, 0.717) is 6.42 Å². The van der Waals surface area contributed by atoms with Crippen molar-refractivity contribution in [3.8, 4) is 0 Å². The number of carboxylic acid groups (broad SMARTS) is 2. The van der Waals surface area contributed by atoms with Gasteiger partial charge < -0.3 is 19.7 Å². The third-order valence-electron chi connectivity index (χ3n) is 2.21. The minimum absolute atomic E-state index is 0.232. The molecule has 0 spiro atoms. The van der Waals surface area contributed by atoms with Gasteiger partial charge in [0, 0.05) is 5.41 Å². The Kier molecular flexibility index (Phi) is 6.67. The molecule has 0 fully saturated rings. The first-order chi connectivity index (χ1) is 7.39. The number of ether oxygens (including phenoxy) is 2. The van der Waals surface area contributed by atoms with Crippen molar-refractivity contribution in [1.82, 2.24) is 0 Å². The van der Waals surface area contributed by atoms with Crippen molar-refractivity contribution in [1.29, 1.82) is 0 Å². The summed E-state index contributed by atoms with van der Waals surface area (Å²) in [6, 6.07) is 0. The van der Waals surface area contributed by atoms with E-state index in [1.807, 2.05) is 13.8 Å². The molecule has 0 aromatic rings. The van der Waals surface area contributed by atoms with Crippen LogP contribution in [0.1, 0.15) is 20.3 Å². The fraction of sp³-hybridized carbons (Fsp3) is 0.800. The fourth-order valence-electron chi connectivity index (χ4n) is 1.02. The van der Waals surface area contributed by atoms with Crippen LogP contribution < -0.4 is 0 Å². The van der Waals surface area contributed by atoms with Gasteiger partial charge in [0.25, 0.3) is 0 Å². The van der Waals surface area contributed by atoms with Gasteiger partial charge in [-0.1, -0.05) is 13.8 Å². The zero-order valence-corrected chi connectivity index (χ0v) is 9.56. The van der Waals surface area contributed by atoms with Crippen LogP contribution in [0.5, 0.6) is 0 Å². The van der Waals surface area contributed by atoms with Gasteiger partial charge >= 0.3 is 11.9 Å². The van der Waals surface area contributed by atoms with Crippen LogP contribution >= 0.6 is 0 Å². The highest BCUT2D eigenvalue weighted by molar-refractivity contribution is 5.68. The Bertz CT molecular complexity index is 217. The lowest BCUT2D eigenvalue weighted by atomic mass is 9.90. The van der Waals surface area contributed by atoms with Crippen LogP contribution in [0.3, 0.4) is 0 Å². The number of hydrogen-bond donors (Lipinski definition) is 2. The van der Waals surface area contributed by atoms with Crippen molar-refractivity contribution in [2.45, 2.75) is 20.3 Å². The van der Waals surface area contributed by atoms with Crippen molar-refractivity contribution >= 4 is 11.9 Å². The van der Waals surface area contributed by atoms with Gasteiger partial charge in [-0.2, -0.15) is 0 Å². The van der Waals surface area contributed by atoms with Crippen molar-refractivity contribution in [2.75, 3.05) is 26.4 Å². The molecule has 0 amide bonds. The molecule has 0 aromatic heterocycles. The SMILES string of the molecule is CCC(C)(COCC(=O)O)COCC(=O)O. The molecule has 6 nitrogen and oxygen atoms in total. The number of aliphatic carboxylic acids is 2. The number of rotatable bonds is 9. The van der Waals surface area contributed by atoms with E-state index >= 15 is 0 Å². The predicted octanol–water partition coefficient (Wildman–Crippen LogP) is 0.605. The van der Waals surface area contributed by atoms with Crippen molar-refractivity contribution in [3.63, 3.8) is 0 Å². The average Bonchev–Trinajstić information content (AvgIpc) is 2.16. The van der Waals surface area contributed by atoms with Crippen molar-refractivity contribution in [2.24, 2.45) is 5.41 Å². The Morgan fingerprint density at radius 1 is 1.06 bits per heavy atom. The minimum Gasteiger partial charge on any atom is -0.480 e. The second-order valence-electron chi connectivity index (χ2n) is 3.94. The molecule has 0 radical (unpaired) electrons. The smallest absolute Gasteiger partial charge is 0.329 e. The van der Waals surface area contributed by atoms with E-state index in [4.69, 9.17) is 19.7 Å². The Balaban J connectivity index is 3.90. The third kappa shape index (κ3) is 7.19. The zero-order chi connectivity index (χ0) is 12.6. The van der Waals surface area contributed by atoms with Crippen LogP contribution in [-0.2, 0) is 19.1 Å². The maximum atomic E-state index is 10.2. The van der Waals surface area contributed by atoms with Crippen molar-refractivity contribution in [3.05, 3.63) is 0 Å². The van der Waals surface area contributed by atoms with E-state index in [2.05, 4.69) is 0 Å². The predicted molar refractivity (Wildman–Crippen MR) is 55.3 cm³/mol. The highest BCUT2D eigenvalue weighted by Gasteiger charge is 2.23. The molecule has 0 aliphatic carbocycles.